The Balaban J connectivity index is 2.27. The molecule has 0 N–H and O–H groups in total. The van der Waals surface area contributed by atoms with Gasteiger partial charge in [0.15, 0.2) is 0 Å². The van der Waals surface area contributed by atoms with E-state index in [1.807, 2.05) is 13.8 Å². The molecule has 1 saturated heterocycles. The standard InChI is InChI=1S/C15H17F4NO/c1-9-5-10(2)8-20(7-9)14(21)11-3-4-13(16)12(6-11)15(17,18)19/h3-4,6,9-10H,5,7-8H2,1-2H3. The maximum Gasteiger partial charge on any atom is 0.419 e. The summed E-state index contributed by atoms with van der Waals surface area (Å²) in [5.74, 6) is -1.22. The van der Waals surface area contributed by atoms with Gasteiger partial charge in [0.2, 0.25) is 0 Å². The van der Waals surface area contributed by atoms with Crippen molar-refractivity contribution in [1.82, 2.24) is 4.90 Å². The second-order valence-corrected chi connectivity index (χ2v) is 5.85. The Hall–Kier alpha value is -1.59. The van der Waals surface area contributed by atoms with Gasteiger partial charge in [-0.2, -0.15) is 13.2 Å². The predicted octanol–water partition coefficient (Wildman–Crippen LogP) is 3.96. The molecule has 1 aromatic carbocycles. The Morgan fingerprint density at radius 3 is 2.29 bits per heavy atom. The van der Waals surface area contributed by atoms with Gasteiger partial charge in [0, 0.05) is 18.7 Å². The van der Waals surface area contributed by atoms with Gasteiger partial charge in [0.1, 0.15) is 5.82 Å². The Morgan fingerprint density at radius 1 is 1.19 bits per heavy atom. The summed E-state index contributed by atoms with van der Waals surface area (Å²) >= 11 is 0. The summed E-state index contributed by atoms with van der Waals surface area (Å²) in [5, 5.41) is 0. The minimum atomic E-state index is -4.80. The number of carbonyl (C=O) groups is 1. The first-order valence-electron chi connectivity index (χ1n) is 6.84. The fraction of sp³-hybridized carbons (Fsp3) is 0.533. The number of alkyl halides is 3. The van der Waals surface area contributed by atoms with Gasteiger partial charge in [-0.05, 0) is 36.5 Å². The zero-order valence-corrected chi connectivity index (χ0v) is 11.9. The van der Waals surface area contributed by atoms with Crippen LogP contribution in [-0.4, -0.2) is 23.9 Å². The van der Waals surface area contributed by atoms with Crippen molar-refractivity contribution in [3.8, 4) is 0 Å². The van der Waals surface area contributed by atoms with Crippen molar-refractivity contribution in [2.75, 3.05) is 13.1 Å². The quantitative estimate of drug-likeness (QED) is 0.719. The maximum atomic E-state index is 13.3. The molecule has 0 radical (unpaired) electrons. The third-order valence-electron chi connectivity index (χ3n) is 3.67. The number of hydrogen-bond donors (Lipinski definition) is 0. The highest BCUT2D eigenvalue weighted by Crippen LogP contribution is 2.32. The third kappa shape index (κ3) is 3.54. The van der Waals surface area contributed by atoms with E-state index >= 15 is 0 Å². The molecule has 2 unspecified atom stereocenters. The van der Waals surface area contributed by atoms with Gasteiger partial charge in [0.25, 0.3) is 5.91 Å². The maximum absolute atomic E-state index is 13.3. The van der Waals surface area contributed by atoms with Crippen LogP contribution in [0.3, 0.4) is 0 Å². The first-order chi connectivity index (χ1) is 9.68. The van der Waals surface area contributed by atoms with Crippen LogP contribution in [0.5, 0.6) is 0 Å². The molecule has 1 aromatic rings. The number of piperidine rings is 1. The lowest BCUT2D eigenvalue weighted by atomic mass is 9.91. The van der Waals surface area contributed by atoms with E-state index in [0.717, 1.165) is 12.5 Å². The predicted molar refractivity (Wildman–Crippen MR) is 70.3 cm³/mol. The lowest BCUT2D eigenvalue weighted by Crippen LogP contribution is -2.42. The van der Waals surface area contributed by atoms with E-state index in [1.165, 1.54) is 0 Å². The van der Waals surface area contributed by atoms with Gasteiger partial charge in [-0.3, -0.25) is 4.79 Å². The minimum absolute atomic E-state index is 0.120. The molecule has 1 aliphatic rings. The Kier molecular flexibility index (Phi) is 4.25. The van der Waals surface area contributed by atoms with Gasteiger partial charge < -0.3 is 4.90 Å². The lowest BCUT2D eigenvalue weighted by Gasteiger charge is -2.35. The number of hydrogen-bond acceptors (Lipinski definition) is 1. The monoisotopic (exact) mass is 303 g/mol. The van der Waals surface area contributed by atoms with Crippen LogP contribution in [0.15, 0.2) is 18.2 Å². The second kappa shape index (κ2) is 5.66. The van der Waals surface area contributed by atoms with Crippen molar-refractivity contribution in [3.63, 3.8) is 0 Å². The van der Waals surface area contributed by atoms with E-state index in [-0.39, 0.29) is 5.56 Å². The molecule has 0 spiro atoms. The fourth-order valence-electron chi connectivity index (χ4n) is 2.89. The molecule has 0 aromatic heterocycles. The lowest BCUT2D eigenvalue weighted by molar-refractivity contribution is -0.140. The minimum Gasteiger partial charge on any atom is -0.338 e. The van der Waals surface area contributed by atoms with Crippen molar-refractivity contribution in [1.29, 1.82) is 0 Å². The molecule has 116 valence electrons. The normalized spacial score (nSPS) is 23.2. The number of halogens is 4. The van der Waals surface area contributed by atoms with E-state index in [2.05, 4.69) is 0 Å². The number of nitrogens with zero attached hydrogens (tertiary/aromatic N) is 1. The molecular formula is C15H17F4NO. The summed E-state index contributed by atoms with van der Waals surface area (Å²) in [6.07, 6.45) is -3.82. The van der Waals surface area contributed by atoms with Crippen LogP contribution in [-0.2, 0) is 6.18 Å². The zero-order valence-electron chi connectivity index (χ0n) is 11.9. The highest BCUT2D eigenvalue weighted by Gasteiger charge is 2.35. The van der Waals surface area contributed by atoms with Crippen LogP contribution >= 0.6 is 0 Å². The first kappa shape index (κ1) is 15.8. The molecule has 0 saturated carbocycles. The van der Waals surface area contributed by atoms with Crippen molar-refractivity contribution in [2.45, 2.75) is 26.4 Å². The molecule has 2 nitrogen and oxygen atoms in total. The molecule has 1 fully saturated rings. The molecule has 1 aliphatic heterocycles. The number of likely N-dealkylation sites (tertiary alicyclic amines) is 1. The number of benzene rings is 1. The van der Waals surface area contributed by atoms with Gasteiger partial charge >= 0.3 is 6.18 Å². The summed E-state index contributed by atoms with van der Waals surface area (Å²) in [7, 11) is 0. The largest absolute Gasteiger partial charge is 0.419 e. The Morgan fingerprint density at radius 2 is 1.76 bits per heavy atom. The van der Waals surface area contributed by atoms with Crippen LogP contribution in [0.4, 0.5) is 17.6 Å². The highest BCUT2D eigenvalue weighted by atomic mass is 19.4. The second-order valence-electron chi connectivity index (χ2n) is 5.85. The average molecular weight is 303 g/mol. The fourth-order valence-corrected chi connectivity index (χ4v) is 2.89. The number of amides is 1. The third-order valence-corrected chi connectivity index (χ3v) is 3.67. The summed E-state index contributed by atoms with van der Waals surface area (Å²) in [5.41, 5.74) is -1.52. The molecular weight excluding hydrogens is 286 g/mol. The van der Waals surface area contributed by atoms with E-state index < -0.39 is 23.5 Å². The van der Waals surface area contributed by atoms with Gasteiger partial charge in [-0.1, -0.05) is 13.8 Å². The van der Waals surface area contributed by atoms with E-state index in [1.54, 1.807) is 4.90 Å². The summed E-state index contributed by atoms with van der Waals surface area (Å²) in [6.45, 7) is 5.04. The SMILES string of the molecule is CC1CC(C)CN(C(=O)c2ccc(F)c(C(F)(F)F)c2)C1. The first-order valence-corrected chi connectivity index (χ1v) is 6.84. The van der Waals surface area contributed by atoms with Crippen molar-refractivity contribution < 1.29 is 22.4 Å². The number of carbonyl (C=O) groups excluding carboxylic acids is 1. The summed E-state index contributed by atoms with van der Waals surface area (Å²) in [6, 6.07) is 2.41. The summed E-state index contributed by atoms with van der Waals surface area (Å²) in [4.78, 5) is 13.9. The van der Waals surface area contributed by atoms with Gasteiger partial charge in [-0.15, -0.1) is 0 Å². The average Bonchev–Trinajstić information content (AvgIpc) is 2.36. The van der Waals surface area contributed by atoms with Crippen molar-refractivity contribution in [2.24, 2.45) is 11.8 Å². The number of rotatable bonds is 1. The van der Waals surface area contributed by atoms with Crippen LogP contribution in [0.25, 0.3) is 0 Å². The van der Waals surface area contributed by atoms with Crippen LogP contribution in [0.2, 0.25) is 0 Å². The van der Waals surface area contributed by atoms with E-state index in [0.29, 0.717) is 37.1 Å². The molecule has 1 heterocycles. The molecule has 1 amide bonds. The van der Waals surface area contributed by atoms with Gasteiger partial charge in [0.05, 0.1) is 5.56 Å². The molecule has 6 heteroatoms. The van der Waals surface area contributed by atoms with E-state index in [4.69, 9.17) is 0 Å². The highest BCUT2D eigenvalue weighted by molar-refractivity contribution is 5.94. The molecule has 0 aliphatic carbocycles. The van der Waals surface area contributed by atoms with E-state index in [9.17, 15) is 22.4 Å². The Bertz CT molecular complexity index is 531. The van der Waals surface area contributed by atoms with Crippen LogP contribution in [0.1, 0.15) is 36.2 Å². The van der Waals surface area contributed by atoms with Crippen LogP contribution < -0.4 is 0 Å². The molecule has 2 rings (SSSR count). The summed E-state index contributed by atoms with van der Waals surface area (Å²) < 4.78 is 51.3. The van der Waals surface area contributed by atoms with Gasteiger partial charge in [-0.25, -0.2) is 4.39 Å². The topological polar surface area (TPSA) is 20.3 Å². The van der Waals surface area contributed by atoms with Crippen molar-refractivity contribution >= 4 is 5.91 Å². The van der Waals surface area contributed by atoms with Crippen molar-refractivity contribution in [3.05, 3.63) is 35.1 Å². The van der Waals surface area contributed by atoms with Crippen LogP contribution in [0, 0.1) is 17.7 Å². The Labute approximate surface area is 120 Å². The molecule has 21 heavy (non-hydrogen) atoms. The smallest absolute Gasteiger partial charge is 0.338 e. The molecule has 2 atom stereocenters. The zero-order chi connectivity index (χ0) is 15.8. The molecule has 0 bridgehead atoms.